The zero-order valence-electron chi connectivity index (χ0n) is 15.0. The van der Waals surface area contributed by atoms with Gasteiger partial charge in [0.05, 0.1) is 11.7 Å². The van der Waals surface area contributed by atoms with Crippen molar-refractivity contribution in [2.45, 2.75) is 25.5 Å². The van der Waals surface area contributed by atoms with Gasteiger partial charge < -0.3 is 9.67 Å². The predicted octanol–water partition coefficient (Wildman–Crippen LogP) is 5.43. The van der Waals surface area contributed by atoms with Crippen molar-refractivity contribution in [3.8, 4) is 11.3 Å². The van der Waals surface area contributed by atoms with Crippen molar-refractivity contribution in [3.05, 3.63) is 95.6 Å². The van der Waals surface area contributed by atoms with Gasteiger partial charge in [0.15, 0.2) is 0 Å². The van der Waals surface area contributed by atoms with E-state index in [-0.39, 0.29) is 6.04 Å². The molecule has 1 aliphatic rings. The second kappa shape index (κ2) is 5.33. The van der Waals surface area contributed by atoms with E-state index >= 15 is 0 Å². The Morgan fingerprint density at radius 1 is 0.846 bits per heavy atom. The van der Waals surface area contributed by atoms with Gasteiger partial charge in [-0.3, -0.25) is 0 Å². The molecule has 0 amide bonds. The lowest BCUT2D eigenvalue weighted by Gasteiger charge is -2.41. The highest BCUT2D eigenvalue weighted by Gasteiger charge is 2.44. The maximum atomic E-state index is 11.7. The molecule has 1 N–H and O–H groups in total. The number of hydrogen-bond donors (Lipinski definition) is 1. The van der Waals surface area contributed by atoms with Gasteiger partial charge in [0.1, 0.15) is 5.60 Å². The largest absolute Gasteiger partial charge is 0.383 e. The summed E-state index contributed by atoms with van der Waals surface area (Å²) < 4.78 is 2.34. The third-order valence-corrected chi connectivity index (χ3v) is 5.80. The van der Waals surface area contributed by atoms with E-state index in [1.54, 1.807) is 0 Å². The summed E-state index contributed by atoms with van der Waals surface area (Å²) in [6, 6.07) is 26.9. The van der Waals surface area contributed by atoms with E-state index in [4.69, 9.17) is 0 Å². The molecular weight excluding hydrogens is 318 g/mol. The number of rotatable bonds is 1. The van der Waals surface area contributed by atoms with Gasteiger partial charge in [-0.25, -0.2) is 0 Å². The maximum Gasteiger partial charge on any atom is 0.112 e. The molecule has 0 unspecified atom stereocenters. The number of nitrogens with zero attached hydrogens (tertiary/aromatic N) is 1. The van der Waals surface area contributed by atoms with Gasteiger partial charge in [0.25, 0.3) is 0 Å². The van der Waals surface area contributed by atoms with Gasteiger partial charge in [0, 0.05) is 16.5 Å². The number of aliphatic hydroxyl groups is 1. The van der Waals surface area contributed by atoms with Gasteiger partial charge in [-0.1, -0.05) is 72.8 Å². The second-order valence-corrected chi connectivity index (χ2v) is 7.37. The average molecular weight is 339 g/mol. The Labute approximate surface area is 153 Å². The van der Waals surface area contributed by atoms with Gasteiger partial charge in [0.2, 0.25) is 0 Å². The fraction of sp³-hybridized carbons (Fsp3) is 0.167. The Morgan fingerprint density at radius 3 is 2.31 bits per heavy atom. The van der Waals surface area contributed by atoms with Crippen LogP contribution in [0, 0.1) is 6.92 Å². The molecule has 0 saturated carbocycles. The Kier molecular flexibility index (Phi) is 3.16. The van der Waals surface area contributed by atoms with Crippen LogP contribution in [0.25, 0.3) is 22.2 Å². The van der Waals surface area contributed by atoms with Crippen LogP contribution in [0.2, 0.25) is 0 Å². The standard InChI is InChI=1S/C24H21NO/c1-16-18-12-7-9-15-21(18)25-22(16)19-13-6-8-14-20(19)24(2,26)23(25)17-10-4-3-5-11-17/h3-15,23,26H,1-2H3/t23-,24-/m1/s1. The molecule has 0 aliphatic carbocycles. The topological polar surface area (TPSA) is 25.2 Å². The minimum atomic E-state index is -1.00. The fourth-order valence-corrected chi connectivity index (χ4v) is 4.67. The monoisotopic (exact) mass is 339 g/mol. The Hall–Kier alpha value is -2.84. The first kappa shape index (κ1) is 15.4. The number of para-hydroxylation sites is 1. The summed E-state index contributed by atoms with van der Waals surface area (Å²) in [5.41, 5.74) is 5.88. The van der Waals surface area contributed by atoms with Crippen molar-refractivity contribution >= 4 is 10.9 Å². The first-order valence-electron chi connectivity index (χ1n) is 9.07. The van der Waals surface area contributed by atoms with Crippen LogP contribution in [0.4, 0.5) is 0 Å². The van der Waals surface area contributed by atoms with E-state index in [9.17, 15) is 5.11 Å². The number of benzene rings is 3. The highest BCUT2D eigenvalue weighted by atomic mass is 16.3. The Morgan fingerprint density at radius 2 is 1.50 bits per heavy atom. The molecule has 4 aromatic rings. The zero-order chi connectivity index (χ0) is 17.9. The van der Waals surface area contributed by atoms with E-state index in [2.05, 4.69) is 66.1 Å². The molecule has 0 saturated heterocycles. The molecule has 26 heavy (non-hydrogen) atoms. The third kappa shape index (κ3) is 1.91. The SMILES string of the molecule is Cc1c2n(c3ccccc13)[C@H](c1ccccc1)[C@](C)(O)c1ccccc1-2. The van der Waals surface area contributed by atoms with Crippen LogP contribution in [0.1, 0.15) is 29.7 Å². The smallest absolute Gasteiger partial charge is 0.112 e. The summed E-state index contributed by atoms with van der Waals surface area (Å²) in [6.45, 7) is 4.13. The summed E-state index contributed by atoms with van der Waals surface area (Å²) >= 11 is 0. The molecule has 2 heteroatoms. The van der Waals surface area contributed by atoms with Crippen LogP contribution < -0.4 is 0 Å². The molecule has 0 bridgehead atoms. The number of fused-ring (bicyclic) bond motifs is 5. The number of aryl methyl sites for hydroxylation is 1. The summed E-state index contributed by atoms with van der Waals surface area (Å²) in [5, 5.41) is 13.0. The summed E-state index contributed by atoms with van der Waals surface area (Å²) in [5.74, 6) is 0. The fourth-order valence-electron chi connectivity index (χ4n) is 4.67. The Bertz CT molecular complexity index is 1120. The van der Waals surface area contributed by atoms with Crippen LogP contribution in [-0.4, -0.2) is 9.67 Å². The highest BCUT2D eigenvalue weighted by Crippen LogP contribution is 2.51. The molecule has 1 aromatic heterocycles. The molecule has 0 fully saturated rings. The molecule has 2 heterocycles. The number of aromatic nitrogens is 1. The molecule has 2 atom stereocenters. The summed E-state index contributed by atoms with van der Waals surface area (Å²) in [7, 11) is 0. The lowest BCUT2D eigenvalue weighted by atomic mass is 9.77. The van der Waals surface area contributed by atoms with Crippen LogP contribution >= 0.6 is 0 Å². The van der Waals surface area contributed by atoms with Gasteiger partial charge >= 0.3 is 0 Å². The molecule has 3 aromatic carbocycles. The summed E-state index contributed by atoms with van der Waals surface area (Å²) in [4.78, 5) is 0. The predicted molar refractivity (Wildman–Crippen MR) is 106 cm³/mol. The minimum absolute atomic E-state index is 0.174. The van der Waals surface area contributed by atoms with E-state index in [1.165, 1.54) is 22.2 Å². The van der Waals surface area contributed by atoms with Crippen LogP contribution in [-0.2, 0) is 5.60 Å². The first-order chi connectivity index (χ1) is 12.6. The van der Waals surface area contributed by atoms with Crippen molar-refractivity contribution in [1.29, 1.82) is 0 Å². The van der Waals surface area contributed by atoms with Gasteiger partial charge in [-0.2, -0.15) is 0 Å². The summed E-state index contributed by atoms with van der Waals surface area (Å²) in [6.07, 6.45) is 0. The van der Waals surface area contributed by atoms with E-state index in [1.807, 2.05) is 31.2 Å². The molecule has 128 valence electrons. The second-order valence-electron chi connectivity index (χ2n) is 7.37. The molecule has 0 radical (unpaired) electrons. The highest BCUT2D eigenvalue weighted by molar-refractivity contribution is 5.93. The maximum absolute atomic E-state index is 11.7. The molecule has 5 rings (SSSR count). The minimum Gasteiger partial charge on any atom is -0.383 e. The third-order valence-electron chi connectivity index (χ3n) is 5.80. The van der Waals surface area contributed by atoms with E-state index in [0.717, 1.165) is 16.7 Å². The quantitative estimate of drug-likeness (QED) is 0.492. The lowest BCUT2D eigenvalue weighted by molar-refractivity contribution is 0.0150. The van der Waals surface area contributed by atoms with Crippen LogP contribution in [0.3, 0.4) is 0 Å². The molecule has 0 spiro atoms. The lowest BCUT2D eigenvalue weighted by Crippen LogP contribution is -2.38. The molecule has 2 nitrogen and oxygen atoms in total. The van der Waals surface area contributed by atoms with Crippen molar-refractivity contribution in [3.63, 3.8) is 0 Å². The van der Waals surface area contributed by atoms with Crippen molar-refractivity contribution in [2.75, 3.05) is 0 Å². The van der Waals surface area contributed by atoms with Crippen molar-refractivity contribution < 1.29 is 5.11 Å². The van der Waals surface area contributed by atoms with E-state index < -0.39 is 5.60 Å². The average Bonchev–Trinajstić information content (AvgIpc) is 2.96. The van der Waals surface area contributed by atoms with Crippen molar-refractivity contribution in [2.24, 2.45) is 0 Å². The van der Waals surface area contributed by atoms with Crippen LogP contribution in [0.15, 0.2) is 78.9 Å². The van der Waals surface area contributed by atoms with Crippen LogP contribution in [0.5, 0.6) is 0 Å². The molecular formula is C24H21NO. The normalized spacial score (nSPS) is 21.4. The van der Waals surface area contributed by atoms with Crippen molar-refractivity contribution in [1.82, 2.24) is 4.57 Å². The zero-order valence-corrected chi connectivity index (χ0v) is 15.0. The van der Waals surface area contributed by atoms with Gasteiger partial charge in [-0.15, -0.1) is 0 Å². The first-order valence-corrected chi connectivity index (χ1v) is 9.07. The van der Waals surface area contributed by atoms with Gasteiger partial charge in [-0.05, 0) is 36.6 Å². The van der Waals surface area contributed by atoms with E-state index in [0.29, 0.717) is 0 Å². The molecule has 1 aliphatic heterocycles. The Balaban J connectivity index is 1.97. The number of hydrogen-bond acceptors (Lipinski definition) is 1.